The number of nitrogens with zero attached hydrogens (tertiary/aromatic N) is 1. The van der Waals surface area contributed by atoms with Crippen LogP contribution in [0.5, 0.6) is 0 Å². The van der Waals surface area contributed by atoms with Gasteiger partial charge in [-0.3, -0.25) is 10.1 Å². The van der Waals surface area contributed by atoms with Crippen LogP contribution in [0.3, 0.4) is 0 Å². The van der Waals surface area contributed by atoms with Gasteiger partial charge in [0.2, 0.25) is 5.82 Å². The van der Waals surface area contributed by atoms with Gasteiger partial charge in [0.25, 0.3) is 0 Å². The highest BCUT2D eigenvalue weighted by molar-refractivity contribution is 5.36. The third-order valence-electron chi connectivity index (χ3n) is 1.32. The average Bonchev–Trinajstić information content (AvgIpc) is 2.03. The van der Waals surface area contributed by atoms with Gasteiger partial charge in [-0.15, -0.1) is 0 Å². The molecule has 4 nitrogen and oxygen atoms in total. The predicted octanol–water partition coefficient (Wildman–Crippen LogP) is 1.62. The van der Waals surface area contributed by atoms with E-state index in [2.05, 4.69) is 0 Å². The summed E-state index contributed by atoms with van der Waals surface area (Å²) >= 11 is 0. The SMILES string of the molecule is O=[N+]([O-])c1ccc([CH]O)cc1F. The van der Waals surface area contributed by atoms with Gasteiger partial charge in [-0.25, -0.2) is 0 Å². The van der Waals surface area contributed by atoms with Gasteiger partial charge in [-0.2, -0.15) is 4.39 Å². The van der Waals surface area contributed by atoms with Crippen molar-refractivity contribution in [1.82, 2.24) is 0 Å². The van der Waals surface area contributed by atoms with E-state index in [0.717, 1.165) is 12.1 Å². The molecule has 0 aliphatic heterocycles. The first-order valence-electron chi connectivity index (χ1n) is 3.06. The third-order valence-corrected chi connectivity index (χ3v) is 1.32. The Morgan fingerprint density at radius 2 is 2.25 bits per heavy atom. The Morgan fingerprint density at radius 1 is 1.58 bits per heavy atom. The molecule has 1 aromatic carbocycles. The fraction of sp³-hybridized carbons (Fsp3) is 0. The number of hydrogen-bond donors (Lipinski definition) is 1. The quantitative estimate of drug-likeness (QED) is 0.541. The monoisotopic (exact) mass is 170 g/mol. The Labute approximate surface area is 67.4 Å². The molecule has 0 spiro atoms. The van der Waals surface area contributed by atoms with E-state index in [0.29, 0.717) is 6.61 Å². The summed E-state index contributed by atoms with van der Waals surface area (Å²) in [6, 6.07) is 3.14. The summed E-state index contributed by atoms with van der Waals surface area (Å²) < 4.78 is 12.7. The molecule has 0 saturated carbocycles. The number of aliphatic hydroxyl groups excluding tert-OH is 1. The number of rotatable bonds is 2. The van der Waals surface area contributed by atoms with Crippen LogP contribution in [-0.2, 0) is 0 Å². The Balaban J connectivity index is 3.12. The molecule has 0 aliphatic carbocycles. The van der Waals surface area contributed by atoms with Crippen LogP contribution in [0, 0.1) is 22.5 Å². The molecule has 1 radical (unpaired) electrons. The zero-order chi connectivity index (χ0) is 9.14. The lowest BCUT2D eigenvalue weighted by Crippen LogP contribution is -1.93. The molecule has 0 heterocycles. The van der Waals surface area contributed by atoms with Crippen molar-refractivity contribution in [1.29, 1.82) is 0 Å². The van der Waals surface area contributed by atoms with Gasteiger partial charge < -0.3 is 5.11 Å². The van der Waals surface area contributed by atoms with Crippen molar-refractivity contribution in [2.45, 2.75) is 0 Å². The van der Waals surface area contributed by atoms with Crippen molar-refractivity contribution in [3.05, 3.63) is 46.3 Å². The van der Waals surface area contributed by atoms with Crippen molar-refractivity contribution in [3.8, 4) is 0 Å². The maximum atomic E-state index is 12.7. The Hall–Kier alpha value is -1.49. The lowest BCUT2D eigenvalue weighted by Gasteiger charge is -1.95. The first kappa shape index (κ1) is 8.61. The van der Waals surface area contributed by atoms with Crippen molar-refractivity contribution >= 4 is 5.69 Å². The summed E-state index contributed by atoms with van der Waals surface area (Å²) in [7, 11) is 0. The van der Waals surface area contributed by atoms with Crippen molar-refractivity contribution in [2.75, 3.05) is 0 Å². The van der Waals surface area contributed by atoms with Gasteiger partial charge in [0, 0.05) is 6.07 Å². The molecule has 0 amide bonds. The number of benzene rings is 1. The molecule has 0 aliphatic rings. The maximum absolute atomic E-state index is 12.7. The molecule has 0 saturated heterocycles. The van der Waals surface area contributed by atoms with Crippen LogP contribution >= 0.6 is 0 Å². The predicted molar refractivity (Wildman–Crippen MR) is 38.4 cm³/mol. The highest BCUT2D eigenvalue weighted by Crippen LogP contribution is 2.17. The van der Waals surface area contributed by atoms with Crippen LogP contribution in [0.15, 0.2) is 18.2 Å². The Bertz CT molecular complexity index is 314. The molecule has 0 aromatic heterocycles. The van der Waals surface area contributed by atoms with E-state index in [-0.39, 0.29) is 5.56 Å². The van der Waals surface area contributed by atoms with E-state index in [1.165, 1.54) is 6.07 Å². The van der Waals surface area contributed by atoms with Gasteiger partial charge in [0.1, 0.15) is 6.61 Å². The topological polar surface area (TPSA) is 63.4 Å². The average molecular weight is 170 g/mol. The molecule has 0 unspecified atom stereocenters. The fourth-order valence-electron chi connectivity index (χ4n) is 0.752. The van der Waals surface area contributed by atoms with Gasteiger partial charge >= 0.3 is 5.69 Å². The van der Waals surface area contributed by atoms with Gasteiger partial charge in [0.15, 0.2) is 0 Å². The molecule has 1 rings (SSSR count). The van der Waals surface area contributed by atoms with Gasteiger partial charge in [-0.1, -0.05) is 0 Å². The van der Waals surface area contributed by atoms with Crippen LogP contribution in [0.2, 0.25) is 0 Å². The highest BCUT2D eigenvalue weighted by atomic mass is 19.1. The minimum atomic E-state index is -0.956. The minimum Gasteiger partial charge on any atom is -0.385 e. The number of halogens is 1. The molecule has 63 valence electrons. The Kier molecular flexibility index (Phi) is 2.35. The first-order valence-corrected chi connectivity index (χ1v) is 3.06. The van der Waals surface area contributed by atoms with Crippen molar-refractivity contribution in [2.24, 2.45) is 0 Å². The zero-order valence-corrected chi connectivity index (χ0v) is 5.90. The molecular weight excluding hydrogens is 165 g/mol. The minimum absolute atomic E-state index is 0.193. The molecule has 0 fully saturated rings. The lowest BCUT2D eigenvalue weighted by atomic mass is 10.2. The van der Waals surface area contributed by atoms with Crippen LogP contribution in [0.1, 0.15) is 5.56 Å². The van der Waals surface area contributed by atoms with E-state index in [9.17, 15) is 14.5 Å². The maximum Gasteiger partial charge on any atom is 0.304 e. The summed E-state index contributed by atoms with van der Waals surface area (Å²) in [5.74, 6) is -0.956. The molecule has 12 heavy (non-hydrogen) atoms. The van der Waals surface area contributed by atoms with E-state index in [1.807, 2.05) is 0 Å². The summed E-state index contributed by atoms with van der Waals surface area (Å²) in [6.45, 7) is 0.673. The van der Waals surface area contributed by atoms with E-state index in [4.69, 9.17) is 5.11 Å². The molecule has 1 N–H and O–H groups in total. The number of nitro groups is 1. The van der Waals surface area contributed by atoms with Gasteiger partial charge in [-0.05, 0) is 17.7 Å². The van der Waals surface area contributed by atoms with Crippen LogP contribution in [0.4, 0.5) is 10.1 Å². The largest absolute Gasteiger partial charge is 0.385 e. The molecule has 1 aromatic rings. The van der Waals surface area contributed by atoms with Crippen LogP contribution in [0.25, 0.3) is 0 Å². The molecule has 0 atom stereocenters. The molecular formula is C7H5FNO3. The van der Waals surface area contributed by atoms with E-state index in [1.54, 1.807) is 0 Å². The molecule has 5 heteroatoms. The smallest absolute Gasteiger partial charge is 0.304 e. The van der Waals surface area contributed by atoms with E-state index < -0.39 is 16.4 Å². The third kappa shape index (κ3) is 1.57. The summed E-state index contributed by atoms with van der Waals surface area (Å²) in [5.41, 5.74) is -0.404. The van der Waals surface area contributed by atoms with Crippen molar-refractivity contribution < 1.29 is 14.4 Å². The fourth-order valence-corrected chi connectivity index (χ4v) is 0.752. The van der Waals surface area contributed by atoms with E-state index >= 15 is 0 Å². The highest BCUT2D eigenvalue weighted by Gasteiger charge is 2.12. The number of hydrogen-bond acceptors (Lipinski definition) is 3. The lowest BCUT2D eigenvalue weighted by molar-refractivity contribution is -0.387. The second-order valence-electron chi connectivity index (χ2n) is 2.10. The first-order chi connectivity index (χ1) is 5.65. The number of nitro benzene ring substituents is 1. The van der Waals surface area contributed by atoms with Crippen LogP contribution in [-0.4, -0.2) is 10.0 Å². The second-order valence-corrected chi connectivity index (χ2v) is 2.10. The van der Waals surface area contributed by atoms with Gasteiger partial charge in [0.05, 0.1) is 4.92 Å². The summed E-state index contributed by atoms with van der Waals surface area (Å²) in [4.78, 5) is 9.29. The summed E-state index contributed by atoms with van der Waals surface area (Å²) in [5, 5.41) is 18.5. The Morgan fingerprint density at radius 3 is 2.67 bits per heavy atom. The number of aliphatic hydroxyl groups is 1. The standard InChI is InChI=1S/C7H5FNO3/c8-6-3-5(4-10)1-2-7(6)9(11)12/h1-4,10H. The summed E-state index contributed by atoms with van der Waals surface area (Å²) in [6.07, 6.45) is 0. The van der Waals surface area contributed by atoms with Crippen LogP contribution < -0.4 is 0 Å². The normalized spacial score (nSPS) is 9.83. The van der Waals surface area contributed by atoms with Crippen molar-refractivity contribution in [3.63, 3.8) is 0 Å². The zero-order valence-electron chi connectivity index (χ0n) is 5.90. The molecule has 0 bridgehead atoms. The second kappa shape index (κ2) is 3.27.